The van der Waals surface area contributed by atoms with Crippen molar-refractivity contribution in [2.24, 2.45) is 11.3 Å². The second kappa shape index (κ2) is 24.5. The first-order chi connectivity index (χ1) is 41.4. The minimum atomic E-state index is -1.32. The monoisotopic (exact) mass is 1140 g/mol. The number of fused-ring (bicyclic) bond motifs is 4. The summed E-state index contributed by atoms with van der Waals surface area (Å²) < 4.78 is 31.2. The Morgan fingerprint density at radius 1 is 0.400 bits per heavy atom. The van der Waals surface area contributed by atoms with Crippen LogP contribution in [0.2, 0.25) is 0 Å². The van der Waals surface area contributed by atoms with Crippen LogP contribution in [0.15, 0.2) is 182 Å². The number of hydrogen-bond acceptors (Lipinski definition) is 12. The Balaban J connectivity index is 0.781. The summed E-state index contributed by atoms with van der Waals surface area (Å²) >= 11 is 0. The van der Waals surface area contributed by atoms with Crippen molar-refractivity contribution >= 4 is 46.4 Å². The first kappa shape index (κ1) is 56.8. The van der Waals surface area contributed by atoms with Crippen molar-refractivity contribution in [1.29, 1.82) is 0 Å². The zero-order valence-electron chi connectivity index (χ0n) is 47.1. The Morgan fingerprint density at radius 3 is 1.08 bits per heavy atom. The van der Waals surface area contributed by atoms with Crippen LogP contribution < -0.4 is 0 Å². The van der Waals surface area contributed by atoms with E-state index < -0.39 is 29.1 Å². The fourth-order valence-electron chi connectivity index (χ4n) is 13.2. The van der Waals surface area contributed by atoms with Gasteiger partial charge in [-0.3, -0.25) is 33.6 Å². The van der Waals surface area contributed by atoms with Gasteiger partial charge in [-0.15, -0.1) is 0 Å². The number of quaternary nitrogens is 1. The molecule has 1 saturated heterocycles. The van der Waals surface area contributed by atoms with E-state index in [1.165, 1.54) is 0 Å². The lowest BCUT2D eigenvalue weighted by Gasteiger charge is -2.33. The molecule has 0 saturated carbocycles. The summed E-state index contributed by atoms with van der Waals surface area (Å²) in [7, 11) is 0. The molecular formula is C69H65N4O12+. The number of ketones is 7. The lowest BCUT2D eigenvalue weighted by Crippen LogP contribution is -2.44. The number of benzene rings is 4. The van der Waals surface area contributed by atoms with Gasteiger partial charge in [-0.05, 0) is 73.9 Å². The number of ether oxygens (including phenoxy) is 4. The number of Topliss-reactive ketones (excluding diaryl/α,β-unsaturated/α-hetero) is 4. The van der Waals surface area contributed by atoms with Crippen molar-refractivity contribution in [3.8, 4) is 0 Å². The number of hydrogen-bond donors (Lipinski definition) is 0. The molecule has 5 aliphatic heterocycles. The maximum atomic E-state index is 14.4. The van der Waals surface area contributed by atoms with E-state index in [2.05, 4.69) is 0 Å². The SMILES string of the molecule is O=C(c1ccccc1)c1ccc2n1CCC2C(=O)COCC(COCC(=O)C1CC[N+]2(C(=O)c3ccccc3)C=CC=C12)(COCC(=O)C1CCn2c(C(=O)c3ccccc3)ccc21)COCC(=O)C1CCn2c(C(=O)c3ccccc3)ccc21. The third kappa shape index (κ3) is 11.2. The fraction of sp³-hybridized carbons (Fsp3) is 0.304. The lowest BCUT2D eigenvalue weighted by atomic mass is 9.91. The van der Waals surface area contributed by atoms with E-state index in [0.717, 1.165) is 0 Å². The predicted molar refractivity (Wildman–Crippen MR) is 312 cm³/mol. The molecule has 0 N–H and O–H groups in total. The molecule has 1 amide bonds. The molecule has 4 aromatic carbocycles. The average Bonchev–Trinajstić information content (AvgIpc) is 2.41. The Kier molecular flexibility index (Phi) is 16.4. The van der Waals surface area contributed by atoms with Gasteiger partial charge in [0, 0.05) is 65.9 Å². The molecule has 16 nitrogen and oxygen atoms in total. The largest absolute Gasteiger partial charge is 0.373 e. The zero-order chi connectivity index (χ0) is 58.7. The fourth-order valence-corrected chi connectivity index (χ4v) is 13.2. The van der Waals surface area contributed by atoms with Gasteiger partial charge in [0.1, 0.15) is 44.2 Å². The molecule has 0 radical (unpaired) electrons. The van der Waals surface area contributed by atoms with Crippen molar-refractivity contribution in [3.63, 3.8) is 0 Å². The summed E-state index contributed by atoms with van der Waals surface area (Å²) in [6.45, 7) is -0.522. The Morgan fingerprint density at radius 2 is 0.729 bits per heavy atom. The molecule has 85 heavy (non-hydrogen) atoms. The van der Waals surface area contributed by atoms with Crippen molar-refractivity contribution in [2.45, 2.75) is 63.1 Å². The normalized spacial score (nSPS) is 20.5. The van der Waals surface area contributed by atoms with Crippen LogP contribution in [0.5, 0.6) is 0 Å². The minimum absolute atomic E-state index is 0.0843. The molecule has 0 spiro atoms. The van der Waals surface area contributed by atoms with Crippen LogP contribution in [0.3, 0.4) is 0 Å². The second-order valence-corrected chi connectivity index (χ2v) is 22.9. The minimum Gasteiger partial charge on any atom is -0.373 e. The van der Waals surface area contributed by atoms with Crippen LogP contribution in [-0.2, 0) is 57.8 Å². The first-order valence-electron chi connectivity index (χ1n) is 29.1. The summed E-state index contributed by atoms with van der Waals surface area (Å²) in [6, 6.07) is 46.6. The van der Waals surface area contributed by atoms with E-state index in [9.17, 15) is 38.4 Å². The smallest absolute Gasteiger partial charge is 0.355 e. The van der Waals surface area contributed by atoms with E-state index in [1.54, 1.807) is 103 Å². The lowest BCUT2D eigenvalue weighted by molar-refractivity contribution is -0.743. The molecular weight excluding hydrogens is 1080 g/mol. The third-order valence-electron chi connectivity index (χ3n) is 17.6. The van der Waals surface area contributed by atoms with Crippen LogP contribution in [0.4, 0.5) is 0 Å². The molecule has 432 valence electrons. The van der Waals surface area contributed by atoms with Gasteiger partial charge in [0.2, 0.25) is 17.3 Å². The van der Waals surface area contributed by atoms with E-state index in [0.29, 0.717) is 114 Å². The van der Waals surface area contributed by atoms with Crippen molar-refractivity contribution in [3.05, 3.63) is 238 Å². The third-order valence-corrected chi connectivity index (χ3v) is 17.6. The molecule has 0 bridgehead atoms. The van der Waals surface area contributed by atoms with Crippen LogP contribution in [0, 0.1) is 11.3 Å². The van der Waals surface area contributed by atoms with Gasteiger partial charge >= 0.3 is 5.91 Å². The number of carbonyl (C=O) groups excluding carboxylic acids is 8. The van der Waals surface area contributed by atoms with Gasteiger partial charge in [0.25, 0.3) is 0 Å². The molecule has 16 heteroatoms. The number of allylic oxidation sites excluding steroid dienone is 3. The van der Waals surface area contributed by atoms with Crippen molar-refractivity contribution in [2.75, 3.05) is 59.4 Å². The molecule has 5 atom stereocenters. The average molecular weight is 1140 g/mol. The van der Waals surface area contributed by atoms with Gasteiger partial charge in [0.15, 0.2) is 23.1 Å². The maximum Gasteiger partial charge on any atom is 0.355 e. The summed E-state index contributed by atoms with van der Waals surface area (Å²) in [4.78, 5) is 112. The van der Waals surface area contributed by atoms with E-state index in [-0.39, 0.29) is 104 Å². The predicted octanol–water partition coefficient (Wildman–Crippen LogP) is 9.06. The van der Waals surface area contributed by atoms with E-state index in [1.807, 2.05) is 86.7 Å². The molecule has 8 heterocycles. The number of nitrogens with zero attached hydrogens (tertiary/aromatic N) is 4. The van der Waals surface area contributed by atoms with Crippen LogP contribution in [0.1, 0.15) is 119 Å². The van der Waals surface area contributed by atoms with Gasteiger partial charge in [-0.2, -0.15) is 0 Å². The Bertz CT molecular complexity index is 3480. The molecule has 0 aliphatic carbocycles. The van der Waals surface area contributed by atoms with Crippen LogP contribution in [-0.4, -0.2) is 124 Å². The highest BCUT2D eigenvalue weighted by Crippen LogP contribution is 2.42. The first-order valence-corrected chi connectivity index (χ1v) is 29.1. The summed E-state index contributed by atoms with van der Waals surface area (Å²) in [5, 5.41) is 0. The molecule has 1 fully saturated rings. The van der Waals surface area contributed by atoms with Crippen LogP contribution >= 0.6 is 0 Å². The van der Waals surface area contributed by atoms with Gasteiger partial charge in [-0.25, -0.2) is 9.28 Å². The zero-order valence-corrected chi connectivity index (χ0v) is 47.1. The maximum absolute atomic E-state index is 14.4. The standard InChI is InChI=1S/C69H65N4O12/c74-61(50-29-33-70-54(50)23-26-57(70)65(78)46-14-5-1-6-15-46)38-82-42-69(43-83-39-62(75)51-30-34-71-55(51)24-27-58(71)66(79)47-16-7-2-8-17-47,44-84-40-63(76)52-31-35-72-56(52)25-28-59(72)67(80)48-18-9-3-10-19-48)45-85-41-64(77)53-32-37-73(36-13-22-60(53)73)68(81)49-20-11-4-12-21-49/h1-28,36,50-53H,29-35,37-45H2/q+1. The van der Waals surface area contributed by atoms with Gasteiger partial charge in [-0.1, -0.05) is 109 Å². The topological polar surface area (TPSA) is 188 Å². The highest BCUT2D eigenvalue weighted by molar-refractivity contribution is 6.10. The Labute approximate surface area is 491 Å². The summed E-state index contributed by atoms with van der Waals surface area (Å²) in [5.74, 6) is -3.77. The molecule has 5 unspecified atom stereocenters. The highest BCUT2D eigenvalue weighted by atomic mass is 16.5. The van der Waals surface area contributed by atoms with Gasteiger partial charge < -0.3 is 32.6 Å². The molecule has 7 aromatic rings. The van der Waals surface area contributed by atoms with Crippen LogP contribution in [0.25, 0.3) is 0 Å². The van der Waals surface area contributed by atoms with E-state index in [4.69, 9.17) is 18.9 Å². The molecule has 3 aromatic heterocycles. The van der Waals surface area contributed by atoms with E-state index >= 15 is 0 Å². The number of carbonyl (C=O) groups is 8. The Hall–Kier alpha value is -8.64. The number of rotatable bonds is 27. The van der Waals surface area contributed by atoms with Crippen molar-refractivity contribution < 1.29 is 61.8 Å². The molecule has 12 rings (SSSR count). The van der Waals surface area contributed by atoms with Crippen molar-refractivity contribution in [1.82, 2.24) is 13.7 Å². The number of amides is 1. The highest BCUT2D eigenvalue weighted by Gasteiger charge is 2.53. The summed E-state index contributed by atoms with van der Waals surface area (Å²) in [6.07, 6.45) is 7.26. The quantitative estimate of drug-likeness (QED) is 0.0352. The number of aromatic nitrogens is 3. The molecule has 5 aliphatic rings. The second-order valence-electron chi connectivity index (χ2n) is 22.9. The van der Waals surface area contributed by atoms with Gasteiger partial charge in [0.05, 0.1) is 78.8 Å². The summed E-state index contributed by atoms with van der Waals surface area (Å²) in [5.41, 5.74) is 5.10.